The highest BCUT2D eigenvalue weighted by Crippen LogP contribution is 2.31. The molecule has 10 nitrogen and oxygen atoms in total. The highest BCUT2D eigenvalue weighted by atomic mass is 32.2. The zero-order chi connectivity index (χ0) is 32.3. The number of nitrogens with zero attached hydrogens (tertiary/aromatic N) is 2. The molecule has 0 spiro atoms. The molecule has 1 saturated heterocycles. The molecule has 0 bridgehead atoms. The van der Waals surface area contributed by atoms with Crippen LogP contribution in [0.4, 0.5) is 5.95 Å². The first kappa shape index (κ1) is 33.8. The Kier molecular flexibility index (Phi) is 10.4. The molecule has 4 rings (SSSR count). The van der Waals surface area contributed by atoms with Gasteiger partial charge in [-0.2, -0.15) is 4.98 Å². The van der Waals surface area contributed by atoms with E-state index in [1.165, 1.54) is 24.3 Å². The van der Waals surface area contributed by atoms with Crippen molar-refractivity contribution in [2.75, 3.05) is 17.9 Å². The Morgan fingerprint density at radius 1 is 1.07 bits per heavy atom. The van der Waals surface area contributed by atoms with E-state index in [-0.39, 0.29) is 45.4 Å². The molecule has 1 aromatic heterocycles. The molecule has 2 heterocycles. The van der Waals surface area contributed by atoms with E-state index in [1.807, 2.05) is 32.0 Å². The van der Waals surface area contributed by atoms with Gasteiger partial charge in [-0.1, -0.05) is 51.1 Å². The zero-order valence-electron chi connectivity index (χ0n) is 26.7. The molecular formula is C33H46N4O6S. The van der Waals surface area contributed by atoms with Gasteiger partial charge in [0.15, 0.2) is 6.29 Å². The summed E-state index contributed by atoms with van der Waals surface area (Å²) in [5.41, 5.74) is 3.28. The van der Waals surface area contributed by atoms with Crippen LogP contribution in [-0.4, -0.2) is 59.5 Å². The topological polar surface area (TPSA) is 143 Å². The Hall–Kier alpha value is -3.09. The average Bonchev–Trinajstić information content (AvgIpc) is 3.27. The third kappa shape index (κ3) is 9.21. The number of hydrogen-bond acceptors (Lipinski definition) is 9. The van der Waals surface area contributed by atoms with Crippen molar-refractivity contribution in [2.45, 2.75) is 96.7 Å². The van der Waals surface area contributed by atoms with E-state index >= 15 is 0 Å². The number of aliphatic hydroxyl groups is 2. The third-order valence-corrected chi connectivity index (χ3v) is 8.94. The van der Waals surface area contributed by atoms with Gasteiger partial charge in [-0.05, 0) is 75.6 Å². The molecule has 1 aliphatic rings. The largest absolute Gasteiger partial charge is 0.476 e. The summed E-state index contributed by atoms with van der Waals surface area (Å²) in [6, 6.07) is 13.0. The highest BCUT2D eigenvalue weighted by molar-refractivity contribution is 7.92. The predicted octanol–water partition coefficient (Wildman–Crippen LogP) is 5.28. The minimum Gasteiger partial charge on any atom is -0.476 e. The number of hydrogen-bond donors (Lipinski definition) is 4. The average molecular weight is 627 g/mol. The van der Waals surface area contributed by atoms with Crippen molar-refractivity contribution in [3.8, 4) is 17.1 Å². The number of aromatic nitrogens is 2. The molecule has 0 radical (unpaired) electrons. The smallest absolute Gasteiger partial charge is 0.264 e. The van der Waals surface area contributed by atoms with Gasteiger partial charge in [0.25, 0.3) is 10.0 Å². The van der Waals surface area contributed by atoms with E-state index in [2.05, 4.69) is 54.6 Å². The van der Waals surface area contributed by atoms with E-state index in [0.29, 0.717) is 18.8 Å². The van der Waals surface area contributed by atoms with Crippen LogP contribution in [0.1, 0.15) is 76.9 Å². The Bertz CT molecular complexity index is 1530. The fourth-order valence-corrected chi connectivity index (χ4v) is 6.55. The van der Waals surface area contributed by atoms with E-state index < -0.39 is 16.3 Å². The Morgan fingerprint density at radius 3 is 2.36 bits per heavy atom. The van der Waals surface area contributed by atoms with Crippen molar-refractivity contribution in [3.63, 3.8) is 0 Å². The molecule has 2 aromatic carbocycles. The predicted molar refractivity (Wildman–Crippen MR) is 171 cm³/mol. The van der Waals surface area contributed by atoms with Gasteiger partial charge >= 0.3 is 0 Å². The summed E-state index contributed by atoms with van der Waals surface area (Å²) in [5.74, 6) is 0.0749. The van der Waals surface area contributed by atoms with Crippen molar-refractivity contribution in [3.05, 3.63) is 65.2 Å². The molecule has 11 heteroatoms. The summed E-state index contributed by atoms with van der Waals surface area (Å²) in [5, 5.41) is 22.7. The maximum Gasteiger partial charge on any atom is 0.264 e. The molecule has 44 heavy (non-hydrogen) atoms. The van der Waals surface area contributed by atoms with Crippen LogP contribution in [0.25, 0.3) is 11.3 Å². The van der Waals surface area contributed by atoms with Gasteiger partial charge in [0.2, 0.25) is 11.8 Å². The van der Waals surface area contributed by atoms with Crippen LogP contribution in [-0.2, 0) is 14.8 Å². The lowest BCUT2D eigenvalue weighted by Crippen LogP contribution is -2.42. The van der Waals surface area contributed by atoms with E-state index in [9.17, 15) is 18.6 Å². The van der Waals surface area contributed by atoms with Gasteiger partial charge in [-0.3, -0.25) is 0 Å². The van der Waals surface area contributed by atoms with Gasteiger partial charge in [0.05, 0.1) is 22.3 Å². The van der Waals surface area contributed by atoms with E-state index in [4.69, 9.17) is 9.47 Å². The minimum atomic E-state index is -4.17. The summed E-state index contributed by atoms with van der Waals surface area (Å²) in [6.07, 6.45) is 1.18. The van der Waals surface area contributed by atoms with Crippen LogP contribution in [0.15, 0.2) is 53.4 Å². The molecular weight excluding hydrogens is 580 g/mol. The van der Waals surface area contributed by atoms with Gasteiger partial charge in [-0.25, -0.2) is 18.1 Å². The molecule has 0 saturated carbocycles. The summed E-state index contributed by atoms with van der Waals surface area (Å²) in [7, 11) is -4.17. The first-order valence-electron chi connectivity index (χ1n) is 15.0. The van der Waals surface area contributed by atoms with Crippen LogP contribution >= 0.6 is 0 Å². The molecule has 3 aromatic rings. The number of nitrogens with one attached hydrogen (secondary N) is 2. The number of anilines is 1. The number of benzene rings is 2. The van der Waals surface area contributed by atoms with E-state index in [1.54, 1.807) is 6.07 Å². The van der Waals surface area contributed by atoms with Crippen LogP contribution in [0, 0.1) is 19.3 Å². The monoisotopic (exact) mass is 626 g/mol. The fourth-order valence-electron chi connectivity index (χ4n) is 5.55. The van der Waals surface area contributed by atoms with Crippen molar-refractivity contribution in [1.82, 2.24) is 15.3 Å². The maximum atomic E-state index is 13.3. The summed E-state index contributed by atoms with van der Waals surface area (Å²) >= 11 is 0. The Morgan fingerprint density at radius 2 is 1.75 bits per heavy atom. The lowest BCUT2D eigenvalue weighted by Gasteiger charge is -2.28. The van der Waals surface area contributed by atoms with Gasteiger partial charge in [-0.15, -0.1) is 0 Å². The SMILES string of the molecule is Cc1cccc(C)c1-c1cc(OC[C@@H](CC(C)(C)C)NCC2CCC(C)(C)O2)nc(NS(=O)(=O)c2cccc(C(O)O)c2)n1. The Labute approximate surface area is 261 Å². The lowest BCUT2D eigenvalue weighted by atomic mass is 9.88. The number of aryl methyl sites for hydroxylation is 2. The second-order valence-electron chi connectivity index (χ2n) is 13.5. The van der Waals surface area contributed by atoms with Crippen LogP contribution < -0.4 is 14.8 Å². The highest BCUT2D eigenvalue weighted by Gasteiger charge is 2.32. The molecule has 1 unspecified atom stereocenters. The van der Waals surface area contributed by atoms with Crippen LogP contribution in [0.5, 0.6) is 5.88 Å². The second kappa shape index (κ2) is 13.5. The molecule has 4 N–H and O–H groups in total. The number of ether oxygens (including phenoxy) is 2. The summed E-state index contributed by atoms with van der Waals surface area (Å²) in [6.45, 7) is 15.7. The minimum absolute atomic E-state index is 0.00582. The molecule has 1 fully saturated rings. The van der Waals surface area contributed by atoms with Crippen molar-refractivity contribution < 1.29 is 28.1 Å². The maximum absolute atomic E-state index is 13.3. The van der Waals surface area contributed by atoms with Crippen molar-refractivity contribution >= 4 is 16.0 Å². The van der Waals surface area contributed by atoms with Crippen LogP contribution in [0.3, 0.4) is 0 Å². The molecule has 0 amide bonds. The van der Waals surface area contributed by atoms with Gasteiger partial charge in [0.1, 0.15) is 6.61 Å². The third-order valence-electron chi connectivity index (χ3n) is 7.61. The molecule has 240 valence electrons. The standard InChI is InChI=1S/C33H46N4O6S/c1-21-10-8-11-22(2)29(21)27-17-28(36-31(35-27)37-44(40,41)26-13-9-12-23(16-26)30(38)39)42-20-24(18-32(3,4)5)34-19-25-14-15-33(6,7)43-25/h8-13,16-17,24-25,30,34,38-39H,14-15,18-20H2,1-7H3,(H,35,36,37)/t24-,25?/m1/s1. The van der Waals surface area contributed by atoms with Gasteiger partial charge in [0, 0.05) is 29.8 Å². The van der Waals surface area contributed by atoms with Crippen LogP contribution in [0.2, 0.25) is 0 Å². The first-order valence-corrected chi connectivity index (χ1v) is 16.5. The second-order valence-corrected chi connectivity index (χ2v) is 15.1. The first-order chi connectivity index (χ1) is 20.5. The Balaban J connectivity index is 1.62. The van der Waals surface area contributed by atoms with Crippen molar-refractivity contribution in [2.24, 2.45) is 5.41 Å². The normalized spacial score (nSPS) is 17.5. The lowest BCUT2D eigenvalue weighted by molar-refractivity contribution is -0.0426. The molecule has 0 aliphatic carbocycles. The molecule has 2 atom stereocenters. The zero-order valence-corrected chi connectivity index (χ0v) is 27.5. The van der Waals surface area contributed by atoms with Crippen molar-refractivity contribution in [1.29, 1.82) is 0 Å². The van der Waals surface area contributed by atoms with E-state index in [0.717, 1.165) is 36.0 Å². The number of rotatable bonds is 12. The number of aliphatic hydroxyl groups excluding tert-OH is 1. The van der Waals surface area contributed by atoms with Gasteiger partial charge < -0.3 is 25.0 Å². The summed E-state index contributed by atoms with van der Waals surface area (Å²) in [4.78, 5) is 8.85. The fraction of sp³-hybridized carbons (Fsp3) is 0.515. The number of sulfonamides is 1. The quantitative estimate of drug-likeness (QED) is 0.198. The summed E-state index contributed by atoms with van der Waals surface area (Å²) < 4.78 is 41.6. The molecule has 1 aliphatic heterocycles.